The van der Waals surface area contributed by atoms with Gasteiger partial charge in [0.25, 0.3) is 0 Å². The van der Waals surface area contributed by atoms with Gasteiger partial charge in [-0.1, -0.05) is 48.0 Å². The quantitative estimate of drug-likeness (QED) is 0.674. The fourth-order valence-electron chi connectivity index (χ4n) is 3.05. The fourth-order valence-corrected chi connectivity index (χ4v) is 4.31. The molecule has 0 aliphatic rings. The summed E-state index contributed by atoms with van der Waals surface area (Å²) in [6.07, 6.45) is 0.0824. The van der Waals surface area contributed by atoms with E-state index in [0.29, 0.717) is 12.1 Å². The van der Waals surface area contributed by atoms with Gasteiger partial charge in [-0.2, -0.15) is 0 Å². The smallest absolute Gasteiger partial charge is 0.240 e. The van der Waals surface area contributed by atoms with Crippen molar-refractivity contribution in [3.63, 3.8) is 0 Å². The van der Waals surface area contributed by atoms with Gasteiger partial charge in [-0.05, 0) is 45.1 Å². The summed E-state index contributed by atoms with van der Waals surface area (Å²) >= 11 is 0. The first-order valence-electron chi connectivity index (χ1n) is 9.25. The molecule has 2 aromatic carbocycles. The van der Waals surface area contributed by atoms with E-state index in [1.165, 1.54) is 0 Å². The van der Waals surface area contributed by atoms with Gasteiger partial charge in [-0.3, -0.25) is 4.79 Å². The average molecular weight is 404 g/mol. The molecule has 0 aliphatic heterocycles. The number of carbonyl (C=O) groups excluding carboxylic acids is 1. The zero-order valence-corrected chi connectivity index (χ0v) is 17.7. The number of likely N-dealkylation sites (N-methyl/N-ethyl adjacent to an activating group) is 1. The van der Waals surface area contributed by atoms with Crippen molar-refractivity contribution in [2.24, 2.45) is 0 Å². The molecule has 0 heterocycles. The van der Waals surface area contributed by atoms with Crippen LogP contribution in [0.2, 0.25) is 0 Å². The van der Waals surface area contributed by atoms with Crippen molar-refractivity contribution in [1.82, 2.24) is 14.9 Å². The Morgan fingerprint density at radius 3 is 2.36 bits per heavy atom. The third kappa shape index (κ3) is 6.15. The van der Waals surface area contributed by atoms with Crippen LogP contribution in [-0.2, 0) is 14.8 Å². The van der Waals surface area contributed by atoms with Crippen LogP contribution in [0.25, 0.3) is 0 Å². The number of rotatable bonds is 9. The molecule has 28 heavy (non-hydrogen) atoms. The molecule has 0 saturated heterocycles. The number of benzene rings is 2. The molecule has 0 bridgehead atoms. The Labute approximate surface area is 168 Å². The molecule has 0 aromatic heterocycles. The predicted octanol–water partition coefficient (Wildman–Crippen LogP) is 2.39. The van der Waals surface area contributed by atoms with Gasteiger partial charge in [0.2, 0.25) is 15.9 Å². The van der Waals surface area contributed by atoms with Gasteiger partial charge in [0.1, 0.15) is 0 Å². The van der Waals surface area contributed by atoms with E-state index < -0.39 is 10.0 Å². The molecular formula is C21H29N3O3S. The topological polar surface area (TPSA) is 78.5 Å². The maximum Gasteiger partial charge on any atom is 0.240 e. The lowest BCUT2D eigenvalue weighted by Crippen LogP contribution is -2.36. The number of hydrogen-bond acceptors (Lipinski definition) is 4. The number of carbonyl (C=O) groups is 1. The fraction of sp³-hybridized carbons (Fsp3) is 0.381. The van der Waals surface area contributed by atoms with E-state index in [2.05, 4.69) is 10.0 Å². The monoisotopic (exact) mass is 403 g/mol. The van der Waals surface area contributed by atoms with Crippen LogP contribution in [0, 0.1) is 13.8 Å². The summed E-state index contributed by atoms with van der Waals surface area (Å²) in [5.74, 6) is -0.189. The highest BCUT2D eigenvalue weighted by molar-refractivity contribution is 7.89. The zero-order chi connectivity index (χ0) is 20.7. The number of nitrogens with zero attached hydrogens (tertiary/aromatic N) is 1. The molecule has 1 unspecified atom stereocenters. The molecule has 2 rings (SSSR count). The van der Waals surface area contributed by atoms with Crippen molar-refractivity contribution in [1.29, 1.82) is 0 Å². The molecule has 1 amide bonds. The lowest BCUT2D eigenvalue weighted by Gasteiger charge is -2.25. The van der Waals surface area contributed by atoms with Crippen molar-refractivity contribution in [3.05, 3.63) is 65.2 Å². The summed E-state index contributed by atoms with van der Waals surface area (Å²) in [6.45, 7) is 4.19. The third-order valence-electron chi connectivity index (χ3n) is 4.56. The van der Waals surface area contributed by atoms with Gasteiger partial charge < -0.3 is 10.2 Å². The highest BCUT2D eigenvalue weighted by atomic mass is 32.2. The Balaban J connectivity index is 1.86. The largest absolute Gasteiger partial charge is 0.354 e. The minimum absolute atomic E-state index is 0.0528. The van der Waals surface area contributed by atoms with Gasteiger partial charge in [0.15, 0.2) is 0 Å². The molecule has 6 nitrogen and oxygen atoms in total. The Morgan fingerprint density at radius 2 is 1.75 bits per heavy atom. The number of hydrogen-bond donors (Lipinski definition) is 2. The molecule has 0 aliphatic carbocycles. The Hall–Kier alpha value is -2.22. The van der Waals surface area contributed by atoms with E-state index in [1.807, 2.05) is 62.3 Å². The summed E-state index contributed by atoms with van der Waals surface area (Å²) in [5, 5.41) is 2.89. The van der Waals surface area contributed by atoms with Crippen LogP contribution >= 0.6 is 0 Å². The number of aryl methyl sites for hydroxylation is 2. The third-order valence-corrected chi connectivity index (χ3v) is 6.19. The van der Waals surface area contributed by atoms with Crippen molar-refractivity contribution in [3.8, 4) is 0 Å². The SMILES string of the molecule is Cc1ccc(S(=O)(=O)NCCC(=O)NCC(c2ccccc2)N(C)C)c(C)c1. The molecule has 1 atom stereocenters. The van der Waals surface area contributed by atoms with Gasteiger partial charge in [-0.15, -0.1) is 0 Å². The van der Waals surface area contributed by atoms with Gasteiger partial charge in [-0.25, -0.2) is 13.1 Å². The molecule has 2 N–H and O–H groups in total. The summed E-state index contributed by atoms with van der Waals surface area (Å²) < 4.78 is 27.4. The summed E-state index contributed by atoms with van der Waals surface area (Å²) in [6, 6.07) is 15.2. The van der Waals surface area contributed by atoms with Gasteiger partial charge in [0.05, 0.1) is 10.9 Å². The van der Waals surface area contributed by atoms with Crippen molar-refractivity contribution in [2.45, 2.75) is 31.2 Å². The summed E-state index contributed by atoms with van der Waals surface area (Å²) in [7, 11) is 0.291. The second kappa shape index (κ2) is 9.82. The van der Waals surface area contributed by atoms with Crippen LogP contribution in [0.4, 0.5) is 0 Å². The molecule has 7 heteroatoms. The molecule has 152 valence electrons. The maximum absolute atomic E-state index is 12.4. The van der Waals surface area contributed by atoms with Crippen LogP contribution in [-0.4, -0.2) is 46.4 Å². The van der Waals surface area contributed by atoms with E-state index in [1.54, 1.807) is 19.1 Å². The van der Waals surface area contributed by atoms with Crippen LogP contribution in [0.1, 0.15) is 29.2 Å². The van der Waals surface area contributed by atoms with Crippen LogP contribution in [0.5, 0.6) is 0 Å². The van der Waals surface area contributed by atoms with E-state index in [0.717, 1.165) is 11.1 Å². The number of amides is 1. The van der Waals surface area contributed by atoms with Gasteiger partial charge in [0, 0.05) is 19.5 Å². The summed E-state index contributed by atoms with van der Waals surface area (Å²) in [5.41, 5.74) is 2.81. The van der Waals surface area contributed by atoms with Gasteiger partial charge >= 0.3 is 0 Å². The highest BCUT2D eigenvalue weighted by Crippen LogP contribution is 2.17. The van der Waals surface area contributed by atoms with Crippen molar-refractivity contribution >= 4 is 15.9 Å². The van der Waals surface area contributed by atoms with Crippen LogP contribution in [0.15, 0.2) is 53.4 Å². The zero-order valence-electron chi connectivity index (χ0n) is 16.9. The average Bonchev–Trinajstić information content (AvgIpc) is 2.62. The molecule has 2 aromatic rings. The van der Waals surface area contributed by atoms with Crippen LogP contribution in [0.3, 0.4) is 0 Å². The minimum Gasteiger partial charge on any atom is -0.354 e. The first-order valence-corrected chi connectivity index (χ1v) is 10.7. The first kappa shape index (κ1) is 22.1. The normalized spacial score (nSPS) is 12.8. The standard InChI is InChI=1S/C21H29N3O3S/c1-16-10-11-20(17(2)14-16)28(26,27)23-13-12-21(25)22-15-19(24(3)4)18-8-6-5-7-9-18/h5-11,14,19,23H,12-13,15H2,1-4H3,(H,22,25). The summed E-state index contributed by atoms with van der Waals surface area (Å²) in [4.78, 5) is 14.5. The van der Waals surface area contributed by atoms with E-state index in [-0.39, 0.29) is 29.8 Å². The number of nitrogens with one attached hydrogen (secondary N) is 2. The van der Waals surface area contributed by atoms with E-state index in [9.17, 15) is 13.2 Å². The van der Waals surface area contributed by atoms with Crippen molar-refractivity contribution in [2.75, 3.05) is 27.2 Å². The molecule has 0 spiro atoms. The maximum atomic E-state index is 12.4. The van der Waals surface area contributed by atoms with E-state index in [4.69, 9.17) is 0 Å². The Morgan fingerprint density at radius 1 is 1.07 bits per heavy atom. The molecule has 0 saturated carbocycles. The molecular weight excluding hydrogens is 374 g/mol. The first-order chi connectivity index (χ1) is 13.2. The lowest BCUT2D eigenvalue weighted by atomic mass is 10.1. The Kier molecular flexibility index (Phi) is 7.74. The molecule has 0 radical (unpaired) electrons. The highest BCUT2D eigenvalue weighted by Gasteiger charge is 2.18. The second-order valence-corrected chi connectivity index (χ2v) is 8.85. The second-order valence-electron chi connectivity index (χ2n) is 7.11. The van der Waals surface area contributed by atoms with Crippen LogP contribution < -0.4 is 10.0 Å². The van der Waals surface area contributed by atoms with Crippen molar-refractivity contribution < 1.29 is 13.2 Å². The van der Waals surface area contributed by atoms with E-state index >= 15 is 0 Å². The Bertz CT molecular complexity index is 896. The molecule has 0 fully saturated rings. The minimum atomic E-state index is -3.63. The lowest BCUT2D eigenvalue weighted by molar-refractivity contribution is -0.121. The predicted molar refractivity (Wildman–Crippen MR) is 112 cm³/mol. The number of sulfonamides is 1.